The van der Waals surface area contributed by atoms with Crippen molar-refractivity contribution in [2.45, 2.75) is 64.5 Å². The van der Waals surface area contributed by atoms with E-state index >= 15 is 0 Å². The molecule has 0 aromatic rings. The second kappa shape index (κ2) is 5.19. The van der Waals surface area contributed by atoms with E-state index in [1.807, 2.05) is 0 Å². The molecule has 90 valence electrons. The van der Waals surface area contributed by atoms with E-state index in [-0.39, 0.29) is 0 Å². The van der Waals surface area contributed by atoms with Crippen LogP contribution >= 0.6 is 0 Å². The molecule has 2 rings (SSSR count). The second-order valence-electron chi connectivity index (χ2n) is 5.78. The lowest BCUT2D eigenvalue weighted by Gasteiger charge is -2.39. The van der Waals surface area contributed by atoms with Crippen LogP contribution in [0.1, 0.15) is 52.4 Å². The van der Waals surface area contributed by atoms with Gasteiger partial charge < -0.3 is 0 Å². The minimum Gasteiger partial charge on any atom is -0.296 e. The molecule has 16 heavy (non-hydrogen) atoms. The number of rotatable bonds is 2. The molecular weight excluding hydrogens is 196 g/mol. The van der Waals surface area contributed by atoms with Crippen LogP contribution in [0, 0.1) is 23.2 Å². The van der Waals surface area contributed by atoms with Crippen molar-refractivity contribution in [3.8, 4) is 6.07 Å². The summed E-state index contributed by atoms with van der Waals surface area (Å²) in [6.45, 7) is 5.88. The zero-order valence-corrected chi connectivity index (χ0v) is 10.7. The van der Waals surface area contributed by atoms with Gasteiger partial charge in [0.05, 0.1) is 12.0 Å². The van der Waals surface area contributed by atoms with Crippen LogP contribution in [0.3, 0.4) is 0 Å². The summed E-state index contributed by atoms with van der Waals surface area (Å²) in [4.78, 5) is 2.66. The molecule has 0 aromatic heterocycles. The van der Waals surface area contributed by atoms with Gasteiger partial charge in [-0.2, -0.15) is 5.26 Å². The minimum absolute atomic E-state index is 0.299. The van der Waals surface area contributed by atoms with Crippen molar-refractivity contribution in [3.05, 3.63) is 0 Å². The van der Waals surface area contributed by atoms with Gasteiger partial charge in [-0.15, -0.1) is 0 Å². The molecular formula is C14H24N2. The smallest absolute Gasteiger partial charge is 0.0672 e. The Morgan fingerprint density at radius 2 is 1.88 bits per heavy atom. The third-order valence-electron chi connectivity index (χ3n) is 4.43. The fourth-order valence-electron chi connectivity index (χ4n) is 3.60. The van der Waals surface area contributed by atoms with Crippen LogP contribution in [-0.4, -0.2) is 23.5 Å². The molecule has 1 saturated heterocycles. The maximum Gasteiger partial charge on any atom is 0.0672 e. The Labute approximate surface area is 99.6 Å². The molecule has 3 unspecified atom stereocenters. The minimum atomic E-state index is 0.299. The Balaban J connectivity index is 2.07. The summed E-state index contributed by atoms with van der Waals surface area (Å²) >= 11 is 0. The molecule has 2 aliphatic rings. The van der Waals surface area contributed by atoms with Crippen LogP contribution < -0.4 is 0 Å². The summed E-state index contributed by atoms with van der Waals surface area (Å²) in [5.74, 6) is 1.04. The highest BCUT2D eigenvalue weighted by atomic mass is 15.2. The molecule has 1 heterocycles. The highest BCUT2D eigenvalue weighted by Gasteiger charge is 2.37. The third-order valence-corrected chi connectivity index (χ3v) is 4.43. The number of hydrogen-bond acceptors (Lipinski definition) is 2. The Bertz CT molecular complexity index is 266. The molecule has 1 aliphatic heterocycles. The lowest BCUT2D eigenvalue weighted by molar-refractivity contribution is 0.0927. The van der Waals surface area contributed by atoms with Crippen molar-refractivity contribution < 1.29 is 0 Å². The van der Waals surface area contributed by atoms with E-state index in [1.54, 1.807) is 0 Å². The molecule has 2 fully saturated rings. The SMILES string of the molecule is CC(C)C1CCCN1C1CCCCC1C#N. The van der Waals surface area contributed by atoms with Gasteiger partial charge in [0, 0.05) is 12.1 Å². The molecule has 0 bridgehead atoms. The third kappa shape index (κ3) is 2.25. The topological polar surface area (TPSA) is 27.0 Å². The quantitative estimate of drug-likeness (QED) is 0.714. The average molecular weight is 220 g/mol. The molecule has 0 spiro atoms. The maximum absolute atomic E-state index is 9.27. The summed E-state index contributed by atoms with van der Waals surface area (Å²) in [5, 5.41) is 9.27. The molecule has 0 radical (unpaired) electrons. The molecule has 0 N–H and O–H groups in total. The zero-order valence-electron chi connectivity index (χ0n) is 10.7. The standard InChI is InChI=1S/C14H24N2/c1-11(2)13-8-5-9-16(13)14-7-4-3-6-12(14)10-15/h11-14H,3-9H2,1-2H3. The predicted octanol–water partition coefficient (Wildman–Crippen LogP) is 3.19. The van der Waals surface area contributed by atoms with Crippen molar-refractivity contribution in [2.24, 2.45) is 11.8 Å². The Kier molecular flexibility index (Phi) is 3.86. The summed E-state index contributed by atoms with van der Waals surface area (Å²) in [5.41, 5.74) is 0. The molecule has 1 saturated carbocycles. The molecule has 0 aromatic carbocycles. The molecule has 0 amide bonds. The fourth-order valence-corrected chi connectivity index (χ4v) is 3.60. The van der Waals surface area contributed by atoms with Gasteiger partial charge in [0.2, 0.25) is 0 Å². The summed E-state index contributed by atoms with van der Waals surface area (Å²) in [6.07, 6.45) is 7.63. The van der Waals surface area contributed by atoms with E-state index < -0.39 is 0 Å². The van der Waals surface area contributed by atoms with Crippen molar-refractivity contribution in [1.29, 1.82) is 5.26 Å². The van der Waals surface area contributed by atoms with Crippen molar-refractivity contribution in [3.63, 3.8) is 0 Å². The second-order valence-corrected chi connectivity index (χ2v) is 5.78. The lowest BCUT2D eigenvalue weighted by Crippen LogP contribution is -2.46. The van der Waals surface area contributed by atoms with E-state index in [0.29, 0.717) is 12.0 Å². The Morgan fingerprint density at radius 1 is 1.12 bits per heavy atom. The maximum atomic E-state index is 9.27. The largest absolute Gasteiger partial charge is 0.296 e. The van der Waals surface area contributed by atoms with Gasteiger partial charge in [-0.3, -0.25) is 4.90 Å². The van der Waals surface area contributed by atoms with E-state index in [4.69, 9.17) is 0 Å². The highest BCUT2D eigenvalue weighted by Crippen LogP contribution is 2.34. The van der Waals surface area contributed by atoms with Gasteiger partial charge in [-0.25, -0.2) is 0 Å². The number of nitriles is 1. The van der Waals surface area contributed by atoms with E-state index in [0.717, 1.165) is 18.4 Å². The predicted molar refractivity (Wildman–Crippen MR) is 65.9 cm³/mol. The van der Waals surface area contributed by atoms with Crippen molar-refractivity contribution in [1.82, 2.24) is 4.90 Å². The van der Waals surface area contributed by atoms with Crippen LogP contribution in [0.5, 0.6) is 0 Å². The van der Waals surface area contributed by atoms with Gasteiger partial charge in [-0.05, 0) is 38.1 Å². The number of likely N-dealkylation sites (tertiary alicyclic amines) is 1. The molecule has 2 nitrogen and oxygen atoms in total. The van der Waals surface area contributed by atoms with Gasteiger partial charge in [0.1, 0.15) is 0 Å². The number of nitrogens with zero attached hydrogens (tertiary/aromatic N) is 2. The summed E-state index contributed by atoms with van der Waals surface area (Å²) in [6, 6.07) is 3.85. The monoisotopic (exact) mass is 220 g/mol. The summed E-state index contributed by atoms with van der Waals surface area (Å²) < 4.78 is 0. The van der Waals surface area contributed by atoms with Gasteiger partial charge in [0.15, 0.2) is 0 Å². The van der Waals surface area contributed by atoms with E-state index in [9.17, 15) is 5.26 Å². The summed E-state index contributed by atoms with van der Waals surface area (Å²) in [7, 11) is 0. The first-order valence-corrected chi connectivity index (χ1v) is 6.89. The van der Waals surface area contributed by atoms with Gasteiger partial charge >= 0.3 is 0 Å². The lowest BCUT2D eigenvalue weighted by atomic mass is 9.83. The van der Waals surface area contributed by atoms with Crippen molar-refractivity contribution in [2.75, 3.05) is 6.54 Å². The Morgan fingerprint density at radius 3 is 2.56 bits per heavy atom. The van der Waals surface area contributed by atoms with Crippen LogP contribution in [0.2, 0.25) is 0 Å². The fraction of sp³-hybridized carbons (Fsp3) is 0.929. The van der Waals surface area contributed by atoms with Crippen LogP contribution in [-0.2, 0) is 0 Å². The molecule has 2 heteroatoms. The first-order chi connectivity index (χ1) is 7.74. The van der Waals surface area contributed by atoms with Gasteiger partial charge in [-0.1, -0.05) is 26.7 Å². The van der Waals surface area contributed by atoms with Crippen molar-refractivity contribution >= 4 is 0 Å². The normalized spacial score (nSPS) is 36.5. The van der Waals surface area contributed by atoms with Crippen LogP contribution in [0.25, 0.3) is 0 Å². The van der Waals surface area contributed by atoms with E-state index in [2.05, 4.69) is 24.8 Å². The highest BCUT2D eigenvalue weighted by molar-refractivity contribution is 4.99. The van der Waals surface area contributed by atoms with Crippen LogP contribution in [0.4, 0.5) is 0 Å². The number of hydrogen-bond donors (Lipinski definition) is 0. The van der Waals surface area contributed by atoms with E-state index in [1.165, 1.54) is 38.6 Å². The zero-order chi connectivity index (χ0) is 11.5. The van der Waals surface area contributed by atoms with Gasteiger partial charge in [0.25, 0.3) is 0 Å². The first kappa shape index (κ1) is 11.9. The Hall–Kier alpha value is -0.550. The molecule has 1 aliphatic carbocycles. The first-order valence-electron chi connectivity index (χ1n) is 6.89. The molecule has 3 atom stereocenters. The average Bonchev–Trinajstić information content (AvgIpc) is 2.77. The van der Waals surface area contributed by atoms with Crippen LogP contribution in [0.15, 0.2) is 0 Å².